The summed E-state index contributed by atoms with van der Waals surface area (Å²) in [6, 6.07) is 11.4. The number of halogens is 3. The lowest BCUT2D eigenvalue weighted by Crippen LogP contribution is -2.11. The fraction of sp³-hybridized carbons (Fsp3) is 0.217. The van der Waals surface area contributed by atoms with Crippen LogP contribution >= 0.6 is 39.1 Å². The fourth-order valence-corrected chi connectivity index (χ4v) is 4.33. The molecule has 3 rings (SSSR count). The molecular weight excluding hydrogens is 505 g/mol. The van der Waals surface area contributed by atoms with E-state index >= 15 is 0 Å². The van der Waals surface area contributed by atoms with Crippen molar-refractivity contribution in [3.05, 3.63) is 80.0 Å². The van der Waals surface area contributed by atoms with E-state index in [0.717, 1.165) is 16.3 Å². The first-order chi connectivity index (χ1) is 15.0. The predicted molar refractivity (Wildman–Crippen MR) is 125 cm³/mol. The first-order valence-corrected chi connectivity index (χ1v) is 10.9. The van der Waals surface area contributed by atoms with E-state index in [1.54, 1.807) is 12.1 Å². The lowest BCUT2D eigenvalue weighted by atomic mass is 9.92. The van der Waals surface area contributed by atoms with Gasteiger partial charge < -0.3 is 19.0 Å². The van der Waals surface area contributed by atoms with Crippen LogP contribution in [-0.4, -0.2) is 32.1 Å². The summed E-state index contributed by atoms with van der Waals surface area (Å²) in [7, 11) is 3.06. The maximum absolute atomic E-state index is 12.2. The zero-order valence-corrected chi connectivity index (χ0v) is 20.0. The van der Waals surface area contributed by atoms with E-state index in [1.807, 2.05) is 24.3 Å². The van der Waals surface area contributed by atoms with Gasteiger partial charge in [-0.15, -0.1) is 0 Å². The molecule has 2 aromatic carbocycles. The number of hydrogen-bond acceptors (Lipinski definition) is 5. The van der Waals surface area contributed by atoms with Crippen LogP contribution in [0, 0.1) is 0 Å². The summed E-state index contributed by atoms with van der Waals surface area (Å²) >= 11 is 16.1. The molecule has 5 nitrogen and oxygen atoms in total. The van der Waals surface area contributed by atoms with Crippen LogP contribution in [0.1, 0.15) is 22.6 Å². The van der Waals surface area contributed by atoms with Gasteiger partial charge in [-0.25, -0.2) is 0 Å². The third kappa shape index (κ3) is 5.32. The van der Waals surface area contributed by atoms with Crippen molar-refractivity contribution in [1.29, 1.82) is 0 Å². The molecule has 0 spiro atoms. The van der Waals surface area contributed by atoms with Crippen LogP contribution in [0.2, 0.25) is 10.0 Å². The maximum Gasteiger partial charge on any atom is 0.203 e. The summed E-state index contributed by atoms with van der Waals surface area (Å²) in [6.45, 7) is 0.358. The van der Waals surface area contributed by atoms with E-state index in [9.17, 15) is 4.79 Å². The summed E-state index contributed by atoms with van der Waals surface area (Å²) in [4.78, 5) is 16.1. The van der Waals surface area contributed by atoms with E-state index in [2.05, 4.69) is 20.9 Å². The number of nitrogens with zero attached hydrogens (tertiary/aromatic N) is 1. The van der Waals surface area contributed by atoms with Crippen molar-refractivity contribution in [1.82, 2.24) is 4.98 Å². The average Bonchev–Trinajstić information content (AvgIpc) is 2.76. The van der Waals surface area contributed by atoms with E-state index < -0.39 is 5.92 Å². The highest BCUT2D eigenvalue weighted by atomic mass is 79.9. The maximum atomic E-state index is 12.2. The highest BCUT2D eigenvalue weighted by Gasteiger charge is 2.27. The molecule has 0 N–H and O–H groups in total. The number of methoxy groups -OCH3 is 2. The molecule has 0 aliphatic heterocycles. The number of benzene rings is 2. The Labute approximate surface area is 199 Å². The highest BCUT2D eigenvalue weighted by molar-refractivity contribution is 9.10. The number of hydrogen-bond donors (Lipinski definition) is 0. The molecule has 1 aromatic heterocycles. The van der Waals surface area contributed by atoms with Gasteiger partial charge in [-0.2, -0.15) is 0 Å². The minimum absolute atomic E-state index is 0.291. The van der Waals surface area contributed by atoms with Crippen LogP contribution < -0.4 is 14.2 Å². The molecule has 162 valence electrons. The second-order valence-electron chi connectivity index (χ2n) is 6.58. The third-order valence-corrected chi connectivity index (χ3v) is 5.82. The molecule has 1 heterocycles. The van der Waals surface area contributed by atoms with Gasteiger partial charge in [0.25, 0.3) is 0 Å². The molecule has 0 saturated carbocycles. The van der Waals surface area contributed by atoms with E-state index in [1.165, 1.54) is 26.6 Å². The van der Waals surface area contributed by atoms with Crippen molar-refractivity contribution in [2.75, 3.05) is 20.8 Å². The molecule has 0 bridgehead atoms. The average molecular weight is 525 g/mol. The Morgan fingerprint density at radius 3 is 2.42 bits per heavy atom. The van der Waals surface area contributed by atoms with Crippen molar-refractivity contribution in [2.24, 2.45) is 0 Å². The molecule has 3 aromatic rings. The van der Waals surface area contributed by atoms with Crippen molar-refractivity contribution < 1.29 is 19.0 Å². The Balaban J connectivity index is 2.02. The normalized spacial score (nSPS) is 11.6. The van der Waals surface area contributed by atoms with Gasteiger partial charge in [0.05, 0.1) is 36.8 Å². The minimum Gasteiger partial charge on any atom is -0.493 e. The van der Waals surface area contributed by atoms with Crippen LogP contribution in [-0.2, 0) is 11.2 Å². The Bertz CT molecular complexity index is 1060. The summed E-state index contributed by atoms with van der Waals surface area (Å²) in [5.74, 6) is 0.504. The van der Waals surface area contributed by atoms with Gasteiger partial charge in [0.2, 0.25) is 5.75 Å². The smallest absolute Gasteiger partial charge is 0.203 e. The Kier molecular flexibility index (Phi) is 8.18. The molecule has 1 atom stereocenters. The van der Waals surface area contributed by atoms with Crippen LogP contribution in [0.15, 0.2) is 53.3 Å². The van der Waals surface area contributed by atoms with Crippen molar-refractivity contribution in [3.63, 3.8) is 0 Å². The Morgan fingerprint density at radius 2 is 1.81 bits per heavy atom. The summed E-state index contributed by atoms with van der Waals surface area (Å²) in [6.07, 6.45) is 4.33. The quantitative estimate of drug-likeness (QED) is 0.315. The van der Waals surface area contributed by atoms with Gasteiger partial charge in [-0.3, -0.25) is 4.98 Å². The SMILES string of the molecule is COc1ccc(C(C=O)c2c(Cl)cncc2Cl)c(OCCc2cccc(Br)c2)c1OC. The molecule has 0 saturated heterocycles. The lowest BCUT2D eigenvalue weighted by Gasteiger charge is -2.22. The highest BCUT2D eigenvalue weighted by Crippen LogP contribution is 2.45. The zero-order valence-electron chi connectivity index (χ0n) is 16.9. The van der Waals surface area contributed by atoms with E-state index in [-0.39, 0.29) is 0 Å². The molecule has 0 aliphatic carbocycles. The largest absolute Gasteiger partial charge is 0.493 e. The molecule has 8 heteroatoms. The molecule has 0 fully saturated rings. The molecular formula is C23H20BrCl2NO4. The minimum atomic E-state index is -0.774. The van der Waals surface area contributed by atoms with Crippen LogP contribution in [0.5, 0.6) is 17.2 Å². The first-order valence-electron chi connectivity index (χ1n) is 9.36. The van der Waals surface area contributed by atoms with Gasteiger partial charge in [-0.1, -0.05) is 57.3 Å². The second kappa shape index (κ2) is 10.8. The first kappa shape index (κ1) is 23.4. The zero-order chi connectivity index (χ0) is 22.4. The van der Waals surface area contributed by atoms with E-state index in [0.29, 0.717) is 51.4 Å². The molecule has 0 amide bonds. The number of aromatic nitrogens is 1. The lowest BCUT2D eigenvalue weighted by molar-refractivity contribution is -0.108. The van der Waals surface area contributed by atoms with Crippen molar-refractivity contribution in [3.8, 4) is 17.2 Å². The van der Waals surface area contributed by atoms with Crippen LogP contribution in [0.4, 0.5) is 0 Å². The van der Waals surface area contributed by atoms with Gasteiger partial charge in [0.1, 0.15) is 6.29 Å². The monoisotopic (exact) mass is 523 g/mol. The second-order valence-corrected chi connectivity index (χ2v) is 8.31. The summed E-state index contributed by atoms with van der Waals surface area (Å²) in [5.41, 5.74) is 2.12. The number of carbonyl (C=O) groups is 1. The number of pyridine rings is 1. The number of rotatable bonds is 9. The Hall–Kier alpha value is -2.28. The van der Waals surface area contributed by atoms with Crippen LogP contribution in [0.3, 0.4) is 0 Å². The summed E-state index contributed by atoms with van der Waals surface area (Å²) < 4.78 is 18.1. The Morgan fingerprint density at radius 1 is 1.06 bits per heavy atom. The summed E-state index contributed by atoms with van der Waals surface area (Å²) in [5, 5.41) is 0.582. The van der Waals surface area contributed by atoms with Crippen molar-refractivity contribution in [2.45, 2.75) is 12.3 Å². The van der Waals surface area contributed by atoms with Crippen molar-refractivity contribution >= 4 is 45.4 Å². The number of aldehydes is 1. The topological polar surface area (TPSA) is 57.7 Å². The van der Waals surface area contributed by atoms with Crippen LogP contribution in [0.25, 0.3) is 0 Å². The van der Waals surface area contributed by atoms with E-state index in [4.69, 9.17) is 37.4 Å². The van der Waals surface area contributed by atoms with Gasteiger partial charge in [-0.05, 0) is 23.8 Å². The molecule has 1 unspecified atom stereocenters. The van der Waals surface area contributed by atoms with Gasteiger partial charge >= 0.3 is 0 Å². The number of ether oxygens (including phenoxy) is 3. The molecule has 0 radical (unpaired) electrons. The fourth-order valence-electron chi connectivity index (χ4n) is 3.29. The van der Waals surface area contributed by atoms with Gasteiger partial charge in [0.15, 0.2) is 11.5 Å². The van der Waals surface area contributed by atoms with Gasteiger partial charge in [0, 0.05) is 34.4 Å². The molecule has 31 heavy (non-hydrogen) atoms. The third-order valence-electron chi connectivity index (χ3n) is 4.73. The number of carbonyl (C=O) groups excluding carboxylic acids is 1. The molecule has 0 aliphatic rings. The predicted octanol–water partition coefficient (Wildman–Crippen LogP) is 6.12. The standard InChI is InChI=1S/C23H20BrCl2NO4/c1-29-20-7-6-16(17(13-28)21-18(25)11-27-12-19(21)26)22(23(20)30-2)31-9-8-14-4-3-5-15(24)10-14/h3-7,10-13,17H,8-9H2,1-2H3.